The fraction of sp³-hybridized carbons (Fsp3) is 0.263. The van der Waals surface area contributed by atoms with Gasteiger partial charge in [-0.3, -0.25) is 4.79 Å². The van der Waals surface area contributed by atoms with Crippen molar-refractivity contribution >= 4 is 11.9 Å². The third-order valence-corrected chi connectivity index (χ3v) is 3.62. The number of carbonyl (C=O) groups is 2. The first-order valence-corrected chi connectivity index (χ1v) is 8.16. The molecule has 9 heteroatoms. The summed E-state index contributed by atoms with van der Waals surface area (Å²) in [5.74, 6) is -1.24. The summed E-state index contributed by atoms with van der Waals surface area (Å²) < 4.78 is 50.4. The highest BCUT2D eigenvalue weighted by molar-refractivity contribution is 5.92. The van der Waals surface area contributed by atoms with Crippen molar-refractivity contribution in [3.8, 4) is 11.5 Å². The fourth-order valence-electron chi connectivity index (χ4n) is 2.25. The minimum Gasteiger partial charge on any atom is -0.496 e. The highest BCUT2D eigenvalue weighted by Gasteiger charge is 2.31. The van der Waals surface area contributed by atoms with Crippen molar-refractivity contribution in [1.82, 2.24) is 5.32 Å². The Labute approximate surface area is 159 Å². The van der Waals surface area contributed by atoms with E-state index in [9.17, 15) is 22.8 Å². The molecule has 1 amide bonds. The number of hydrogen-bond acceptors (Lipinski definition) is 5. The minimum absolute atomic E-state index is 0.0149. The minimum atomic E-state index is -4.82. The first kappa shape index (κ1) is 21.1. The van der Waals surface area contributed by atoms with Crippen LogP contribution < -0.4 is 14.8 Å². The summed E-state index contributed by atoms with van der Waals surface area (Å²) in [6, 6.07) is 11.3. The summed E-state index contributed by atoms with van der Waals surface area (Å²) in [6.07, 6.45) is -5.93. The van der Waals surface area contributed by atoms with Crippen LogP contribution >= 0.6 is 0 Å². The molecule has 0 aliphatic rings. The smallest absolute Gasteiger partial charge is 0.496 e. The summed E-state index contributed by atoms with van der Waals surface area (Å²) in [7, 11) is 1.51. The molecule has 0 radical (unpaired) electrons. The lowest BCUT2D eigenvalue weighted by molar-refractivity contribution is -0.274. The molecule has 0 fully saturated rings. The molecule has 0 aliphatic carbocycles. The van der Waals surface area contributed by atoms with Gasteiger partial charge in [-0.2, -0.15) is 0 Å². The molecule has 28 heavy (non-hydrogen) atoms. The van der Waals surface area contributed by atoms with Gasteiger partial charge in [0.15, 0.2) is 6.10 Å². The molecule has 0 aromatic heterocycles. The van der Waals surface area contributed by atoms with Crippen molar-refractivity contribution in [2.45, 2.75) is 25.9 Å². The molecule has 0 spiro atoms. The summed E-state index contributed by atoms with van der Waals surface area (Å²) in [4.78, 5) is 24.2. The molecule has 1 N–H and O–H groups in total. The molecule has 1 atom stereocenters. The second-order valence-corrected chi connectivity index (χ2v) is 5.65. The molecule has 0 saturated carbocycles. The fourth-order valence-corrected chi connectivity index (χ4v) is 2.25. The SMILES string of the molecule is COc1ccccc1CNC(=O)[C@@H](C)OC(=O)c1ccc(OC(F)(F)F)cc1. The molecule has 0 bridgehead atoms. The van der Waals surface area contributed by atoms with E-state index in [0.29, 0.717) is 5.75 Å². The zero-order valence-electron chi connectivity index (χ0n) is 15.1. The molecule has 0 saturated heterocycles. The Hall–Kier alpha value is -3.23. The van der Waals surface area contributed by atoms with Gasteiger partial charge in [0.25, 0.3) is 5.91 Å². The van der Waals surface area contributed by atoms with Gasteiger partial charge >= 0.3 is 12.3 Å². The largest absolute Gasteiger partial charge is 0.573 e. The van der Waals surface area contributed by atoms with Gasteiger partial charge in [-0.25, -0.2) is 4.79 Å². The number of benzene rings is 2. The van der Waals surface area contributed by atoms with Gasteiger partial charge in [0.05, 0.1) is 12.7 Å². The Morgan fingerprint density at radius 3 is 2.32 bits per heavy atom. The average molecular weight is 397 g/mol. The quantitative estimate of drug-likeness (QED) is 0.725. The number of methoxy groups -OCH3 is 1. The Balaban J connectivity index is 1.89. The molecule has 0 unspecified atom stereocenters. The van der Waals surface area contributed by atoms with E-state index in [-0.39, 0.29) is 12.1 Å². The Morgan fingerprint density at radius 2 is 1.71 bits per heavy atom. The molecular formula is C19H18F3NO5. The number of hydrogen-bond donors (Lipinski definition) is 1. The predicted octanol–water partition coefficient (Wildman–Crippen LogP) is 3.46. The van der Waals surface area contributed by atoms with Crippen LogP contribution in [0.1, 0.15) is 22.8 Å². The summed E-state index contributed by atoms with van der Waals surface area (Å²) in [5.41, 5.74) is 0.732. The lowest BCUT2D eigenvalue weighted by Gasteiger charge is -2.15. The molecule has 2 aromatic carbocycles. The van der Waals surface area contributed by atoms with Gasteiger partial charge in [-0.05, 0) is 37.3 Å². The molecular weight excluding hydrogens is 379 g/mol. The van der Waals surface area contributed by atoms with Crippen LogP contribution in [0.2, 0.25) is 0 Å². The summed E-state index contributed by atoms with van der Waals surface area (Å²) >= 11 is 0. The van der Waals surface area contributed by atoms with Gasteiger partial charge in [-0.1, -0.05) is 18.2 Å². The van der Waals surface area contributed by atoms with Crippen molar-refractivity contribution < 1.29 is 37.0 Å². The van der Waals surface area contributed by atoms with Crippen LogP contribution in [0.3, 0.4) is 0 Å². The van der Waals surface area contributed by atoms with Gasteiger partial charge in [0, 0.05) is 12.1 Å². The van der Waals surface area contributed by atoms with Gasteiger partial charge in [-0.15, -0.1) is 13.2 Å². The maximum absolute atomic E-state index is 12.1. The van der Waals surface area contributed by atoms with Crippen molar-refractivity contribution in [3.05, 3.63) is 59.7 Å². The van der Waals surface area contributed by atoms with Gasteiger partial charge in [0.2, 0.25) is 0 Å². The van der Waals surface area contributed by atoms with E-state index in [4.69, 9.17) is 9.47 Å². The summed E-state index contributed by atoms with van der Waals surface area (Å²) in [5, 5.41) is 2.62. The lowest BCUT2D eigenvalue weighted by Crippen LogP contribution is -2.35. The number of amides is 1. The number of rotatable bonds is 7. The lowest BCUT2D eigenvalue weighted by atomic mass is 10.2. The maximum atomic E-state index is 12.1. The first-order chi connectivity index (χ1) is 13.2. The third-order valence-electron chi connectivity index (χ3n) is 3.62. The zero-order chi connectivity index (χ0) is 20.7. The number of alkyl halides is 3. The van der Waals surface area contributed by atoms with Gasteiger partial charge in [0.1, 0.15) is 11.5 Å². The standard InChI is InChI=1S/C19H18F3NO5/c1-12(17(24)23-11-14-5-3-4-6-16(14)26-2)27-18(25)13-7-9-15(10-8-13)28-19(20,21)22/h3-10,12H,11H2,1-2H3,(H,23,24)/t12-/m1/s1. The number of para-hydroxylation sites is 1. The highest BCUT2D eigenvalue weighted by atomic mass is 19.4. The van der Waals surface area contributed by atoms with Crippen molar-refractivity contribution in [1.29, 1.82) is 0 Å². The third kappa shape index (κ3) is 6.19. The number of nitrogens with one attached hydrogen (secondary N) is 1. The molecule has 2 aromatic rings. The van der Waals surface area contributed by atoms with Crippen molar-refractivity contribution in [2.75, 3.05) is 7.11 Å². The molecule has 0 heterocycles. The molecule has 0 aliphatic heterocycles. The second-order valence-electron chi connectivity index (χ2n) is 5.65. The van der Waals surface area contributed by atoms with Crippen LogP contribution in [-0.4, -0.2) is 31.5 Å². The predicted molar refractivity (Wildman–Crippen MR) is 92.8 cm³/mol. The van der Waals surface area contributed by atoms with Crippen molar-refractivity contribution in [2.24, 2.45) is 0 Å². The number of halogens is 3. The van der Waals surface area contributed by atoms with Crippen LogP contribution in [-0.2, 0) is 16.1 Å². The van der Waals surface area contributed by atoms with Crippen molar-refractivity contribution in [3.63, 3.8) is 0 Å². The number of esters is 1. The van der Waals surface area contributed by atoms with Crippen LogP contribution in [0.5, 0.6) is 11.5 Å². The van der Waals surface area contributed by atoms with E-state index in [0.717, 1.165) is 29.8 Å². The Bertz CT molecular complexity index is 821. The second kappa shape index (κ2) is 9.12. The highest BCUT2D eigenvalue weighted by Crippen LogP contribution is 2.23. The zero-order valence-corrected chi connectivity index (χ0v) is 15.1. The molecule has 150 valence electrons. The number of carbonyl (C=O) groups excluding carboxylic acids is 2. The van der Waals surface area contributed by atoms with Crippen LogP contribution in [0.25, 0.3) is 0 Å². The maximum Gasteiger partial charge on any atom is 0.573 e. The van der Waals surface area contributed by atoms with E-state index in [1.807, 2.05) is 0 Å². The Kier molecular flexibility index (Phi) is 6.86. The number of ether oxygens (including phenoxy) is 3. The monoisotopic (exact) mass is 397 g/mol. The van der Waals surface area contributed by atoms with Crippen LogP contribution in [0.15, 0.2) is 48.5 Å². The Morgan fingerprint density at radius 1 is 1.07 bits per heavy atom. The normalized spacial score (nSPS) is 12.0. The van der Waals surface area contributed by atoms with Gasteiger partial charge < -0.3 is 19.5 Å². The average Bonchev–Trinajstić information content (AvgIpc) is 2.65. The molecule has 2 rings (SSSR count). The molecule has 6 nitrogen and oxygen atoms in total. The van der Waals surface area contributed by atoms with E-state index in [2.05, 4.69) is 10.1 Å². The first-order valence-electron chi connectivity index (χ1n) is 8.16. The van der Waals surface area contributed by atoms with E-state index < -0.39 is 30.1 Å². The van der Waals surface area contributed by atoms with Crippen LogP contribution in [0.4, 0.5) is 13.2 Å². The van der Waals surface area contributed by atoms with E-state index in [1.165, 1.54) is 14.0 Å². The van der Waals surface area contributed by atoms with E-state index >= 15 is 0 Å². The summed E-state index contributed by atoms with van der Waals surface area (Å²) in [6.45, 7) is 1.56. The topological polar surface area (TPSA) is 73.9 Å². The van der Waals surface area contributed by atoms with Crippen LogP contribution in [0, 0.1) is 0 Å². The van der Waals surface area contributed by atoms with E-state index in [1.54, 1.807) is 24.3 Å².